The third kappa shape index (κ3) is 3.49. The van der Waals surface area contributed by atoms with Crippen LogP contribution in [0.2, 0.25) is 0 Å². The minimum absolute atomic E-state index is 0.0449. The van der Waals surface area contributed by atoms with E-state index < -0.39 is 0 Å². The number of methoxy groups -OCH3 is 1. The van der Waals surface area contributed by atoms with Gasteiger partial charge < -0.3 is 19.7 Å². The van der Waals surface area contributed by atoms with Crippen molar-refractivity contribution in [3.05, 3.63) is 23.8 Å². The highest BCUT2D eigenvalue weighted by Gasteiger charge is 2.22. The number of benzene rings is 1. The minimum atomic E-state index is 0.0449. The number of Topliss-reactive ketones (excluding diaryl/α,β-unsaturated/α-hetero) is 1. The molecule has 1 atom stereocenters. The molecule has 1 aliphatic rings. The van der Waals surface area contributed by atoms with Gasteiger partial charge in [0.15, 0.2) is 17.3 Å². The van der Waals surface area contributed by atoms with Crippen molar-refractivity contribution in [2.45, 2.75) is 12.5 Å². The lowest BCUT2D eigenvalue weighted by molar-refractivity contribution is 0.0992. The highest BCUT2D eigenvalue weighted by atomic mass is 16.5. The van der Waals surface area contributed by atoms with Gasteiger partial charge in [-0.05, 0) is 38.7 Å². The van der Waals surface area contributed by atoms with Crippen molar-refractivity contribution in [2.24, 2.45) is 0 Å². The van der Waals surface area contributed by atoms with Crippen LogP contribution in [0.1, 0.15) is 16.8 Å². The van der Waals surface area contributed by atoms with E-state index in [1.54, 1.807) is 32.4 Å². The fraction of sp³-hybridized carbons (Fsp3) is 0.533. The average Bonchev–Trinajstić information content (AvgIpc) is 2.84. The molecule has 1 aromatic carbocycles. The third-order valence-electron chi connectivity index (χ3n) is 3.46. The van der Waals surface area contributed by atoms with Crippen molar-refractivity contribution in [3.63, 3.8) is 0 Å². The van der Waals surface area contributed by atoms with E-state index in [2.05, 4.69) is 17.3 Å². The molecule has 0 radical (unpaired) electrons. The molecular formula is C15H22N2O3. The topological polar surface area (TPSA) is 50.8 Å². The molecule has 2 rings (SSSR count). The molecule has 0 spiro atoms. The van der Waals surface area contributed by atoms with Gasteiger partial charge >= 0.3 is 0 Å². The van der Waals surface area contributed by atoms with Crippen LogP contribution < -0.4 is 14.8 Å². The number of ether oxygens (including phenoxy) is 2. The lowest BCUT2D eigenvalue weighted by Crippen LogP contribution is -2.22. The molecule has 1 aliphatic heterocycles. The molecule has 1 saturated heterocycles. The van der Waals surface area contributed by atoms with Gasteiger partial charge in [0.25, 0.3) is 0 Å². The van der Waals surface area contributed by atoms with Crippen molar-refractivity contribution < 1.29 is 14.3 Å². The summed E-state index contributed by atoms with van der Waals surface area (Å²) >= 11 is 0. The van der Waals surface area contributed by atoms with Crippen molar-refractivity contribution >= 4 is 5.78 Å². The zero-order valence-corrected chi connectivity index (χ0v) is 12.3. The zero-order chi connectivity index (χ0) is 14.5. The SMILES string of the molecule is CNCC(=O)c1ccc(OC)c(OC2CCN(C)C2)c1. The molecular weight excluding hydrogens is 256 g/mol. The quantitative estimate of drug-likeness (QED) is 0.792. The lowest BCUT2D eigenvalue weighted by atomic mass is 10.1. The van der Waals surface area contributed by atoms with E-state index in [1.165, 1.54) is 0 Å². The molecule has 5 nitrogen and oxygen atoms in total. The number of nitrogens with one attached hydrogen (secondary N) is 1. The maximum atomic E-state index is 11.9. The van der Waals surface area contributed by atoms with Gasteiger partial charge in [-0.15, -0.1) is 0 Å². The zero-order valence-electron chi connectivity index (χ0n) is 12.3. The summed E-state index contributed by atoms with van der Waals surface area (Å²) in [7, 11) is 5.44. The molecule has 20 heavy (non-hydrogen) atoms. The third-order valence-corrected chi connectivity index (χ3v) is 3.46. The van der Waals surface area contributed by atoms with Crippen LogP contribution in [0.15, 0.2) is 18.2 Å². The van der Waals surface area contributed by atoms with Gasteiger partial charge in [0.2, 0.25) is 0 Å². The molecule has 1 N–H and O–H groups in total. The Hall–Kier alpha value is -1.59. The smallest absolute Gasteiger partial charge is 0.176 e. The number of nitrogens with zero attached hydrogens (tertiary/aromatic N) is 1. The van der Waals surface area contributed by atoms with Crippen LogP contribution in [0, 0.1) is 0 Å². The van der Waals surface area contributed by atoms with Gasteiger partial charge in [0.1, 0.15) is 6.10 Å². The van der Waals surface area contributed by atoms with Gasteiger partial charge in [0.05, 0.1) is 13.7 Å². The van der Waals surface area contributed by atoms with Gasteiger partial charge in [-0.2, -0.15) is 0 Å². The number of ketones is 1. The minimum Gasteiger partial charge on any atom is -0.493 e. The van der Waals surface area contributed by atoms with E-state index in [-0.39, 0.29) is 11.9 Å². The summed E-state index contributed by atoms with van der Waals surface area (Å²) in [5.74, 6) is 1.36. The number of carbonyl (C=O) groups is 1. The van der Waals surface area contributed by atoms with Crippen LogP contribution >= 0.6 is 0 Å². The molecule has 1 fully saturated rings. The summed E-state index contributed by atoms with van der Waals surface area (Å²) in [6.07, 6.45) is 1.15. The molecule has 1 heterocycles. The highest BCUT2D eigenvalue weighted by Crippen LogP contribution is 2.30. The predicted molar refractivity (Wildman–Crippen MR) is 77.8 cm³/mol. The van der Waals surface area contributed by atoms with Crippen LogP contribution in [-0.4, -0.2) is 57.6 Å². The van der Waals surface area contributed by atoms with Gasteiger partial charge in [0, 0.05) is 18.7 Å². The fourth-order valence-electron chi connectivity index (χ4n) is 2.38. The second-order valence-electron chi connectivity index (χ2n) is 5.11. The van der Waals surface area contributed by atoms with Crippen LogP contribution in [-0.2, 0) is 0 Å². The Kier molecular flexibility index (Phi) is 4.98. The molecule has 110 valence electrons. The van der Waals surface area contributed by atoms with Crippen LogP contribution in [0.25, 0.3) is 0 Å². The Labute approximate surface area is 119 Å². The van der Waals surface area contributed by atoms with E-state index in [0.717, 1.165) is 19.5 Å². The molecule has 0 aromatic heterocycles. The number of likely N-dealkylation sites (N-methyl/N-ethyl adjacent to an activating group) is 2. The summed E-state index contributed by atoms with van der Waals surface area (Å²) in [6.45, 7) is 2.25. The molecule has 0 bridgehead atoms. The van der Waals surface area contributed by atoms with Crippen molar-refractivity contribution in [2.75, 3.05) is 40.8 Å². The first kappa shape index (κ1) is 14.8. The van der Waals surface area contributed by atoms with Crippen LogP contribution in [0.4, 0.5) is 0 Å². The normalized spacial score (nSPS) is 19.1. The van der Waals surface area contributed by atoms with Crippen molar-refractivity contribution in [3.8, 4) is 11.5 Å². The first-order chi connectivity index (χ1) is 9.63. The van der Waals surface area contributed by atoms with Crippen LogP contribution in [0.5, 0.6) is 11.5 Å². The molecule has 5 heteroatoms. The second kappa shape index (κ2) is 6.72. The standard InChI is InChI=1S/C15H22N2O3/c1-16-9-13(18)11-4-5-14(19-3)15(8-11)20-12-6-7-17(2)10-12/h4-5,8,12,16H,6-7,9-10H2,1-3H3. The molecule has 1 unspecified atom stereocenters. The predicted octanol–water partition coefficient (Wildman–Crippen LogP) is 1.18. The molecule has 0 aliphatic carbocycles. The van der Waals surface area contributed by atoms with Gasteiger partial charge in [-0.1, -0.05) is 0 Å². The molecule has 0 amide bonds. The number of carbonyl (C=O) groups excluding carboxylic acids is 1. The average molecular weight is 278 g/mol. The van der Waals surface area contributed by atoms with Crippen LogP contribution in [0.3, 0.4) is 0 Å². The Bertz CT molecular complexity index is 476. The summed E-state index contributed by atoms with van der Waals surface area (Å²) in [6, 6.07) is 5.33. The maximum absolute atomic E-state index is 11.9. The summed E-state index contributed by atoms with van der Waals surface area (Å²) in [5, 5.41) is 2.86. The van der Waals surface area contributed by atoms with E-state index >= 15 is 0 Å². The van der Waals surface area contributed by atoms with E-state index in [4.69, 9.17) is 9.47 Å². The lowest BCUT2D eigenvalue weighted by Gasteiger charge is -2.17. The second-order valence-corrected chi connectivity index (χ2v) is 5.11. The van der Waals surface area contributed by atoms with E-state index in [9.17, 15) is 4.79 Å². The Morgan fingerprint density at radius 1 is 1.45 bits per heavy atom. The van der Waals surface area contributed by atoms with Gasteiger partial charge in [-0.3, -0.25) is 4.79 Å². The van der Waals surface area contributed by atoms with E-state index in [1.807, 2.05) is 0 Å². The molecule has 1 aromatic rings. The van der Waals surface area contributed by atoms with Gasteiger partial charge in [-0.25, -0.2) is 0 Å². The summed E-state index contributed by atoms with van der Waals surface area (Å²) < 4.78 is 11.3. The van der Waals surface area contributed by atoms with E-state index in [0.29, 0.717) is 23.6 Å². The fourth-order valence-corrected chi connectivity index (χ4v) is 2.38. The maximum Gasteiger partial charge on any atom is 0.176 e. The Morgan fingerprint density at radius 2 is 2.25 bits per heavy atom. The Balaban J connectivity index is 2.16. The number of likely N-dealkylation sites (tertiary alicyclic amines) is 1. The highest BCUT2D eigenvalue weighted by molar-refractivity contribution is 5.98. The summed E-state index contributed by atoms with van der Waals surface area (Å²) in [4.78, 5) is 14.1. The number of hydrogen-bond acceptors (Lipinski definition) is 5. The Morgan fingerprint density at radius 3 is 2.85 bits per heavy atom. The number of hydrogen-bond donors (Lipinski definition) is 1. The summed E-state index contributed by atoms with van der Waals surface area (Å²) in [5.41, 5.74) is 0.640. The number of rotatable bonds is 6. The first-order valence-electron chi connectivity index (χ1n) is 6.85. The monoisotopic (exact) mass is 278 g/mol. The largest absolute Gasteiger partial charge is 0.493 e. The first-order valence-corrected chi connectivity index (χ1v) is 6.85. The van der Waals surface area contributed by atoms with Crippen molar-refractivity contribution in [1.82, 2.24) is 10.2 Å². The molecule has 0 saturated carbocycles. The van der Waals surface area contributed by atoms with Crippen molar-refractivity contribution in [1.29, 1.82) is 0 Å².